The molecule has 1 aliphatic carbocycles. The summed E-state index contributed by atoms with van der Waals surface area (Å²) in [6.07, 6.45) is 7.93. The van der Waals surface area contributed by atoms with Gasteiger partial charge in [0, 0.05) is 38.0 Å². The van der Waals surface area contributed by atoms with Crippen molar-refractivity contribution in [2.24, 2.45) is 11.8 Å². The first-order chi connectivity index (χ1) is 10.5. The standard InChI is InChI=1S/C18H24O4/c1-2-7-15(19)12-10-14-11-13-17(20)16(14)8-5-3-4-6-9-18(21)22/h10,12,14,16H,2,4,6-9,11,13H2,1H3,(H,21,22). The fourth-order valence-corrected chi connectivity index (χ4v) is 2.59. The molecule has 0 aromatic carbocycles. The molecule has 22 heavy (non-hydrogen) atoms. The first kappa shape index (κ1) is 18.2. The first-order valence-corrected chi connectivity index (χ1v) is 7.95. The minimum atomic E-state index is -0.810. The molecule has 1 N–H and O–H groups in total. The van der Waals surface area contributed by atoms with Crippen LogP contribution in [0.3, 0.4) is 0 Å². The highest BCUT2D eigenvalue weighted by atomic mass is 16.4. The van der Waals surface area contributed by atoms with Gasteiger partial charge in [0.25, 0.3) is 0 Å². The van der Waals surface area contributed by atoms with E-state index in [4.69, 9.17) is 5.11 Å². The third kappa shape index (κ3) is 6.71. The van der Waals surface area contributed by atoms with Gasteiger partial charge < -0.3 is 5.11 Å². The zero-order chi connectivity index (χ0) is 16.4. The zero-order valence-electron chi connectivity index (χ0n) is 13.1. The average molecular weight is 304 g/mol. The van der Waals surface area contributed by atoms with E-state index >= 15 is 0 Å². The van der Waals surface area contributed by atoms with Gasteiger partial charge in [-0.2, -0.15) is 0 Å². The number of allylic oxidation sites excluding steroid dienone is 2. The predicted molar refractivity (Wildman–Crippen MR) is 84.2 cm³/mol. The molecule has 1 rings (SSSR count). The summed E-state index contributed by atoms with van der Waals surface area (Å²) < 4.78 is 0. The van der Waals surface area contributed by atoms with Gasteiger partial charge >= 0.3 is 5.97 Å². The van der Waals surface area contributed by atoms with Crippen molar-refractivity contribution in [1.82, 2.24) is 0 Å². The maximum Gasteiger partial charge on any atom is 0.303 e. The summed E-state index contributed by atoms with van der Waals surface area (Å²) in [6, 6.07) is 0. The van der Waals surface area contributed by atoms with E-state index in [1.54, 1.807) is 6.08 Å². The molecule has 120 valence electrons. The number of unbranched alkanes of at least 4 members (excludes halogenated alkanes) is 1. The number of rotatable bonds is 8. The van der Waals surface area contributed by atoms with E-state index < -0.39 is 5.97 Å². The van der Waals surface area contributed by atoms with E-state index in [1.807, 2.05) is 13.0 Å². The van der Waals surface area contributed by atoms with Gasteiger partial charge in [-0.3, -0.25) is 14.4 Å². The molecule has 0 spiro atoms. The molecule has 0 aliphatic heterocycles. The fraction of sp³-hybridized carbons (Fsp3) is 0.611. The molecule has 1 aliphatic rings. The lowest BCUT2D eigenvalue weighted by Gasteiger charge is -2.11. The van der Waals surface area contributed by atoms with E-state index in [9.17, 15) is 14.4 Å². The summed E-state index contributed by atoms with van der Waals surface area (Å²) in [5.41, 5.74) is 0. The Bertz CT molecular complexity index is 493. The molecule has 0 bridgehead atoms. The van der Waals surface area contributed by atoms with Crippen LogP contribution in [0.2, 0.25) is 0 Å². The molecule has 0 aromatic heterocycles. The molecule has 1 fully saturated rings. The number of Topliss-reactive ketones (excluding diaryl/α,β-unsaturated/α-hetero) is 1. The Morgan fingerprint density at radius 2 is 2.09 bits per heavy atom. The van der Waals surface area contributed by atoms with Crippen LogP contribution in [0.1, 0.15) is 58.3 Å². The van der Waals surface area contributed by atoms with Gasteiger partial charge in [-0.05, 0) is 31.3 Å². The van der Waals surface area contributed by atoms with Crippen molar-refractivity contribution in [3.05, 3.63) is 12.2 Å². The highest BCUT2D eigenvalue weighted by molar-refractivity contribution is 5.90. The number of carboxylic acid groups (broad SMARTS) is 1. The lowest BCUT2D eigenvalue weighted by atomic mass is 9.91. The third-order valence-electron chi connectivity index (χ3n) is 3.82. The van der Waals surface area contributed by atoms with Crippen molar-refractivity contribution in [2.45, 2.75) is 58.3 Å². The summed E-state index contributed by atoms with van der Waals surface area (Å²) in [6.45, 7) is 1.97. The van der Waals surface area contributed by atoms with Crippen LogP contribution in [-0.4, -0.2) is 22.6 Å². The zero-order valence-corrected chi connectivity index (χ0v) is 13.1. The predicted octanol–water partition coefficient (Wildman–Crippen LogP) is 3.16. The maximum absolute atomic E-state index is 11.9. The summed E-state index contributed by atoms with van der Waals surface area (Å²) in [5, 5.41) is 8.53. The van der Waals surface area contributed by atoms with Crippen molar-refractivity contribution < 1.29 is 19.5 Å². The highest BCUT2D eigenvalue weighted by Crippen LogP contribution is 2.32. The Balaban J connectivity index is 2.45. The summed E-state index contributed by atoms with van der Waals surface area (Å²) in [4.78, 5) is 33.8. The summed E-state index contributed by atoms with van der Waals surface area (Å²) >= 11 is 0. The number of carbonyl (C=O) groups is 3. The van der Waals surface area contributed by atoms with Crippen molar-refractivity contribution in [1.29, 1.82) is 0 Å². The van der Waals surface area contributed by atoms with E-state index in [2.05, 4.69) is 11.8 Å². The highest BCUT2D eigenvalue weighted by Gasteiger charge is 2.32. The average Bonchev–Trinajstić information content (AvgIpc) is 2.81. The quantitative estimate of drug-likeness (QED) is 0.425. The van der Waals surface area contributed by atoms with Gasteiger partial charge in [0.15, 0.2) is 5.78 Å². The van der Waals surface area contributed by atoms with Gasteiger partial charge in [0.1, 0.15) is 5.78 Å². The molecule has 0 aromatic rings. The molecule has 2 atom stereocenters. The van der Waals surface area contributed by atoms with Crippen LogP contribution >= 0.6 is 0 Å². The Kier molecular flexibility index (Phi) is 8.21. The molecule has 0 heterocycles. The molecule has 4 heteroatoms. The Hall–Kier alpha value is -1.89. The van der Waals surface area contributed by atoms with E-state index in [-0.39, 0.29) is 29.8 Å². The lowest BCUT2D eigenvalue weighted by molar-refractivity contribution is -0.137. The minimum absolute atomic E-state index is 0.111. The molecule has 0 amide bonds. The number of carboxylic acids is 1. The van der Waals surface area contributed by atoms with Gasteiger partial charge in [0.05, 0.1) is 0 Å². The van der Waals surface area contributed by atoms with Crippen LogP contribution < -0.4 is 0 Å². The normalized spacial score (nSPS) is 20.9. The van der Waals surface area contributed by atoms with Crippen molar-refractivity contribution in [3.8, 4) is 11.8 Å². The maximum atomic E-state index is 11.9. The number of carbonyl (C=O) groups excluding carboxylic acids is 2. The summed E-state index contributed by atoms with van der Waals surface area (Å²) in [7, 11) is 0. The van der Waals surface area contributed by atoms with Gasteiger partial charge in [-0.15, -0.1) is 11.8 Å². The minimum Gasteiger partial charge on any atom is -0.481 e. The second-order valence-electron chi connectivity index (χ2n) is 5.66. The lowest BCUT2D eigenvalue weighted by Crippen LogP contribution is -2.12. The molecule has 2 unspecified atom stereocenters. The molecule has 1 saturated carbocycles. The van der Waals surface area contributed by atoms with Crippen LogP contribution in [-0.2, 0) is 14.4 Å². The fourth-order valence-electron chi connectivity index (χ4n) is 2.59. The Labute approximate surface area is 132 Å². The molecule has 0 radical (unpaired) electrons. The SMILES string of the molecule is CCCC(=O)C=CC1CCC(=O)C1CC#CCCCC(=O)O. The van der Waals surface area contributed by atoms with Gasteiger partial charge in [-0.1, -0.05) is 13.0 Å². The monoisotopic (exact) mass is 304 g/mol. The number of hydrogen-bond acceptors (Lipinski definition) is 3. The van der Waals surface area contributed by atoms with Crippen LogP contribution in [0.15, 0.2) is 12.2 Å². The van der Waals surface area contributed by atoms with E-state index in [1.165, 1.54) is 0 Å². The smallest absolute Gasteiger partial charge is 0.303 e. The van der Waals surface area contributed by atoms with Crippen LogP contribution in [0.25, 0.3) is 0 Å². The molecule has 4 nitrogen and oxygen atoms in total. The largest absolute Gasteiger partial charge is 0.481 e. The molecule has 0 saturated heterocycles. The summed E-state index contributed by atoms with van der Waals surface area (Å²) in [5.74, 6) is 5.45. The second kappa shape index (κ2) is 9.94. The van der Waals surface area contributed by atoms with E-state index in [0.29, 0.717) is 32.1 Å². The van der Waals surface area contributed by atoms with Crippen molar-refractivity contribution in [2.75, 3.05) is 0 Å². The van der Waals surface area contributed by atoms with Crippen molar-refractivity contribution >= 4 is 17.5 Å². The number of aliphatic carboxylic acids is 1. The first-order valence-electron chi connectivity index (χ1n) is 7.95. The van der Waals surface area contributed by atoms with Crippen molar-refractivity contribution in [3.63, 3.8) is 0 Å². The van der Waals surface area contributed by atoms with Crippen LogP contribution in [0, 0.1) is 23.7 Å². The van der Waals surface area contributed by atoms with Crippen LogP contribution in [0.4, 0.5) is 0 Å². The van der Waals surface area contributed by atoms with Crippen LogP contribution in [0.5, 0.6) is 0 Å². The Morgan fingerprint density at radius 3 is 2.77 bits per heavy atom. The molecular weight excluding hydrogens is 280 g/mol. The Morgan fingerprint density at radius 1 is 1.32 bits per heavy atom. The van der Waals surface area contributed by atoms with Gasteiger partial charge in [-0.25, -0.2) is 0 Å². The number of hydrogen-bond donors (Lipinski definition) is 1. The number of ketones is 2. The van der Waals surface area contributed by atoms with Gasteiger partial charge in [0.2, 0.25) is 0 Å². The third-order valence-corrected chi connectivity index (χ3v) is 3.82. The second-order valence-corrected chi connectivity index (χ2v) is 5.66. The topological polar surface area (TPSA) is 71.4 Å². The molecular formula is C18H24O4. The van der Waals surface area contributed by atoms with E-state index in [0.717, 1.165) is 12.8 Å².